The highest BCUT2D eigenvalue weighted by atomic mass is 32.2. The third-order valence-electron chi connectivity index (χ3n) is 4.71. The maximum absolute atomic E-state index is 12.5. The van der Waals surface area contributed by atoms with Gasteiger partial charge in [0, 0.05) is 43.2 Å². The lowest BCUT2D eigenvalue weighted by molar-refractivity contribution is -0.131. The van der Waals surface area contributed by atoms with Gasteiger partial charge in [-0.25, -0.2) is 0 Å². The van der Waals surface area contributed by atoms with Crippen molar-refractivity contribution in [2.75, 3.05) is 36.8 Å². The van der Waals surface area contributed by atoms with Gasteiger partial charge in [-0.2, -0.15) is 0 Å². The van der Waals surface area contributed by atoms with Crippen LogP contribution in [-0.4, -0.2) is 52.9 Å². The van der Waals surface area contributed by atoms with E-state index in [1.165, 1.54) is 4.90 Å². The van der Waals surface area contributed by atoms with Crippen molar-refractivity contribution in [2.24, 2.45) is 0 Å². The second kappa shape index (κ2) is 9.21. The Bertz CT molecular complexity index is 877. The molecular weight excluding hydrogens is 388 g/mol. The largest absolute Gasteiger partial charge is 0.352 e. The van der Waals surface area contributed by atoms with Crippen molar-refractivity contribution in [3.63, 3.8) is 0 Å². The molecule has 4 rings (SSSR count). The quantitative estimate of drug-likeness (QED) is 0.574. The number of anilines is 1. The highest BCUT2D eigenvalue weighted by molar-refractivity contribution is 7.99. The van der Waals surface area contributed by atoms with E-state index in [1.54, 1.807) is 23.1 Å². The Morgan fingerprint density at radius 1 is 0.964 bits per heavy atom. The van der Waals surface area contributed by atoms with Crippen LogP contribution in [-0.2, 0) is 4.79 Å². The molecule has 0 spiro atoms. The molecule has 1 amide bonds. The van der Waals surface area contributed by atoms with Gasteiger partial charge in [-0.3, -0.25) is 4.79 Å². The zero-order valence-electron chi connectivity index (χ0n) is 15.5. The fraction of sp³-hybridized carbons (Fsp3) is 0.286. The van der Waals surface area contributed by atoms with Crippen molar-refractivity contribution in [3.8, 4) is 10.6 Å². The molecule has 0 N–H and O–H groups in total. The van der Waals surface area contributed by atoms with Crippen LogP contribution in [0, 0.1) is 0 Å². The number of benzene rings is 1. The van der Waals surface area contributed by atoms with Gasteiger partial charge in [-0.05, 0) is 35.7 Å². The number of hydrogen-bond donors (Lipinski definition) is 0. The van der Waals surface area contributed by atoms with Crippen LogP contribution >= 0.6 is 23.1 Å². The van der Waals surface area contributed by atoms with Crippen molar-refractivity contribution in [1.29, 1.82) is 0 Å². The third kappa shape index (κ3) is 4.72. The molecule has 1 fully saturated rings. The standard InChI is InChI=1S/C21H22N4OS2/c26-21(10-16-27-17-5-2-1-3-6-17)25-13-11-24(12-14-25)20-9-8-18(22-23-20)19-7-4-15-28-19/h1-9,15H,10-14,16H2. The topological polar surface area (TPSA) is 49.3 Å². The molecule has 3 aromatic rings. The number of amides is 1. The molecule has 1 aliphatic heterocycles. The van der Waals surface area contributed by atoms with Crippen LogP contribution in [0.15, 0.2) is 64.9 Å². The molecule has 0 unspecified atom stereocenters. The molecule has 28 heavy (non-hydrogen) atoms. The van der Waals surface area contributed by atoms with Crippen LogP contribution in [0.4, 0.5) is 5.82 Å². The van der Waals surface area contributed by atoms with Crippen molar-refractivity contribution in [2.45, 2.75) is 11.3 Å². The summed E-state index contributed by atoms with van der Waals surface area (Å²) < 4.78 is 0. The fourth-order valence-corrected chi connectivity index (χ4v) is 4.72. The van der Waals surface area contributed by atoms with E-state index in [9.17, 15) is 4.79 Å². The lowest BCUT2D eigenvalue weighted by Gasteiger charge is -2.35. The predicted octanol–water partition coefficient (Wildman–Crippen LogP) is 4.04. The van der Waals surface area contributed by atoms with Crippen LogP contribution in [0.5, 0.6) is 0 Å². The van der Waals surface area contributed by atoms with E-state index in [2.05, 4.69) is 33.3 Å². The number of piperazine rings is 1. The second-order valence-electron chi connectivity index (χ2n) is 6.53. The van der Waals surface area contributed by atoms with E-state index in [4.69, 9.17) is 0 Å². The van der Waals surface area contributed by atoms with Gasteiger partial charge < -0.3 is 9.80 Å². The Kier molecular flexibility index (Phi) is 6.24. The molecule has 144 valence electrons. The highest BCUT2D eigenvalue weighted by Crippen LogP contribution is 2.23. The molecule has 0 aliphatic carbocycles. The Labute approximate surface area is 173 Å². The molecule has 5 nitrogen and oxygen atoms in total. The summed E-state index contributed by atoms with van der Waals surface area (Å²) >= 11 is 3.40. The minimum Gasteiger partial charge on any atom is -0.352 e. The summed E-state index contributed by atoms with van der Waals surface area (Å²) in [6.07, 6.45) is 0.578. The smallest absolute Gasteiger partial charge is 0.223 e. The first kappa shape index (κ1) is 19.0. The van der Waals surface area contributed by atoms with Crippen LogP contribution < -0.4 is 4.90 Å². The van der Waals surface area contributed by atoms with E-state index in [0.717, 1.165) is 48.3 Å². The Morgan fingerprint density at radius 2 is 1.79 bits per heavy atom. The van der Waals surface area contributed by atoms with E-state index in [1.807, 2.05) is 46.7 Å². The van der Waals surface area contributed by atoms with Gasteiger partial charge in [0.2, 0.25) is 5.91 Å². The summed E-state index contributed by atoms with van der Waals surface area (Å²) in [6, 6.07) is 18.3. The van der Waals surface area contributed by atoms with Crippen molar-refractivity contribution >= 4 is 34.8 Å². The van der Waals surface area contributed by atoms with E-state index in [0.29, 0.717) is 6.42 Å². The lowest BCUT2D eigenvalue weighted by Crippen LogP contribution is -2.49. The summed E-state index contributed by atoms with van der Waals surface area (Å²) in [6.45, 7) is 3.07. The molecule has 1 aliphatic rings. The first-order chi connectivity index (χ1) is 13.8. The van der Waals surface area contributed by atoms with Gasteiger partial charge in [-0.15, -0.1) is 33.3 Å². The molecule has 0 radical (unpaired) electrons. The predicted molar refractivity (Wildman–Crippen MR) is 116 cm³/mol. The number of hydrogen-bond acceptors (Lipinski definition) is 6. The summed E-state index contributed by atoms with van der Waals surface area (Å²) in [5.74, 6) is 1.94. The zero-order chi connectivity index (χ0) is 19.2. The molecule has 7 heteroatoms. The van der Waals surface area contributed by atoms with Gasteiger partial charge in [0.15, 0.2) is 5.82 Å². The Hall–Kier alpha value is -2.38. The average molecular weight is 411 g/mol. The van der Waals surface area contributed by atoms with Crippen LogP contribution in [0.25, 0.3) is 10.6 Å². The lowest BCUT2D eigenvalue weighted by atomic mass is 10.2. The zero-order valence-corrected chi connectivity index (χ0v) is 17.2. The van der Waals surface area contributed by atoms with Crippen molar-refractivity contribution < 1.29 is 4.79 Å². The average Bonchev–Trinajstić information content (AvgIpc) is 3.30. The summed E-state index contributed by atoms with van der Waals surface area (Å²) in [5, 5.41) is 10.8. The molecule has 1 aromatic carbocycles. The van der Waals surface area contributed by atoms with Crippen molar-refractivity contribution in [1.82, 2.24) is 15.1 Å². The van der Waals surface area contributed by atoms with Crippen LogP contribution in [0.2, 0.25) is 0 Å². The third-order valence-corrected chi connectivity index (χ3v) is 6.61. The van der Waals surface area contributed by atoms with Gasteiger partial charge in [-0.1, -0.05) is 24.3 Å². The number of aromatic nitrogens is 2. The second-order valence-corrected chi connectivity index (χ2v) is 8.65. The molecule has 2 aromatic heterocycles. The van der Waals surface area contributed by atoms with Gasteiger partial charge in [0.25, 0.3) is 0 Å². The molecule has 1 saturated heterocycles. The van der Waals surface area contributed by atoms with Gasteiger partial charge in [0.05, 0.1) is 4.88 Å². The number of thiophene rings is 1. The monoisotopic (exact) mass is 410 g/mol. The number of rotatable bonds is 6. The maximum atomic E-state index is 12.5. The van der Waals surface area contributed by atoms with Crippen LogP contribution in [0.3, 0.4) is 0 Å². The van der Waals surface area contributed by atoms with Gasteiger partial charge in [0.1, 0.15) is 5.69 Å². The molecular formula is C21H22N4OS2. The Balaban J connectivity index is 1.24. The normalized spacial score (nSPS) is 14.3. The molecule has 0 saturated carbocycles. The van der Waals surface area contributed by atoms with Crippen LogP contribution in [0.1, 0.15) is 6.42 Å². The number of carbonyl (C=O) groups excluding carboxylic acids is 1. The highest BCUT2D eigenvalue weighted by Gasteiger charge is 2.22. The first-order valence-electron chi connectivity index (χ1n) is 9.38. The summed E-state index contributed by atoms with van der Waals surface area (Å²) in [7, 11) is 0. The van der Waals surface area contributed by atoms with E-state index in [-0.39, 0.29) is 5.91 Å². The summed E-state index contributed by atoms with van der Waals surface area (Å²) in [4.78, 5) is 19.0. The number of carbonyl (C=O) groups is 1. The summed E-state index contributed by atoms with van der Waals surface area (Å²) in [5.41, 5.74) is 0.906. The maximum Gasteiger partial charge on any atom is 0.223 e. The molecule has 0 bridgehead atoms. The molecule has 0 atom stereocenters. The minimum atomic E-state index is 0.238. The van der Waals surface area contributed by atoms with Crippen molar-refractivity contribution in [3.05, 3.63) is 60.0 Å². The Morgan fingerprint density at radius 3 is 2.46 bits per heavy atom. The van der Waals surface area contributed by atoms with E-state index >= 15 is 0 Å². The molecule has 3 heterocycles. The number of thioether (sulfide) groups is 1. The van der Waals surface area contributed by atoms with E-state index < -0.39 is 0 Å². The number of nitrogens with zero attached hydrogens (tertiary/aromatic N) is 4. The fourth-order valence-electron chi connectivity index (χ4n) is 3.17. The minimum absolute atomic E-state index is 0.238. The van der Waals surface area contributed by atoms with Gasteiger partial charge >= 0.3 is 0 Å². The SMILES string of the molecule is O=C(CCSc1ccccc1)N1CCN(c2ccc(-c3cccs3)nn2)CC1. The first-order valence-corrected chi connectivity index (χ1v) is 11.2.